The molecule has 0 unspecified atom stereocenters. The maximum absolute atomic E-state index is 13.7. The van der Waals surface area contributed by atoms with Gasteiger partial charge in [-0.3, -0.25) is 14.4 Å². The molecular weight excluding hydrogens is 432 g/mol. The van der Waals surface area contributed by atoms with Crippen molar-refractivity contribution >= 4 is 23.5 Å². The second kappa shape index (κ2) is 11.6. The highest BCUT2D eigenvalue weighted by Gasteiger charge is 2.57. The Morgan fingerprint density at radius 3 is 2.59 bits per heavy atom. The molecule has 2 aliphatic rings. The number of carbonyl (C=O) groups is 3. The van der Waals surface area contributed by atoms with Gasteiger partial charge in [-0.25, -0.2) is 0 Å². The maximum Gasteiger partial charge on any atom is 0.310 e. The molecule has 2 N–H and O–H groups in total. The summed E-state index contributed by atoms with van der Waals surface area (Å²) in [6, 6.07) is 5.15. The molecule has 34 heavy (non-hydrogen) atoms. The summed E-state index contributed by atoms with van der Waals surface area (Å²) in [6.07, 6.45) is 6.77. The minimum Gasteiger partial charge on any atom is -0.466 e. The fraction of sp³-hybridized carbons (Fsp3) is 0.593. The summed E-state index contributed by atoms with van der Waals surface area (Å²) in [5.41, 5.74) is 2.70. The van der Waals surface area contributed by atoms with Crippen LogP contribution in [-0.2, 0) is 19.1 Å². The Kier molecular flexibility index (Phi) is 8.89. The lowest BCUT2D eigenvalue weighted by molar-refractivity contribution is -0.155. The van der Waals surface area contributed by atoms with E-state index in [1.807, 2.05) is 44.2 Å². The molecule has 1 heterocycles. The number of fused-ring (bicyclic) bond motifs is 1. The zero-order valence-electron chi connectivity index (χ0n) is 20.8. The second-order valence-electron chi connectivity index (χ2n) is 9.43. The zero-order chi connectivity index (χ0) is 24.8. The second-order valence-corrected chi connectivity index (χ2v) is 9.43. The molecule has 1 aliphatic heterocycles. The molecule has 3 rings (SSSR count). The van der Waals surface area contributed by atoms with E-state index in [0.29, 0.717) is 19.4 Å². The molecule has 1 aromatic rings. The molecule has 0 bridgehead atoms. The third-order valence-corrected chi connectivity index (χ3v) is 7.02. The maximum atomic E-state index is 13.7. The number of aryl methyl sites for hydroxylation is 2. The molecule has 1 aliphatic carbocycles. The van der Waals surface area contributed by atoms with Gasteiger partial charge in [0.15, 0.2) is 0 Å². The summed E-state index contributed by atoms with van der Waals surface area (Å²) < 4.78 is 5.39. The summed E-state index contributed by atoms with van der Waals surface area (Å²) in [5, 5.41) is 12.3. The van der Waals surface area contributed by atoms with Crippen molar-refractivity contribution < 1.29 is 24.2 Å². The van der Waals surface area contributed by atoms with Crippen LogP contribution in [0.5, 0.6) is 0 Å². The third-order valence-electron chi connectivity index (χ3n) is 7.02. The first kappa shape index (κ1) is 25.9. The van der Waals surface area contributed by atoms with E-state index in [-0.39, 0.29) is 36.9 Å². The van der Waals surface area contributed by atoms with Gasteiger partial charge in [-0.2, -0.15) is 0 Å². The Labute approximate surface area is 202 Å². The molecule has 1 aromatic carbocycles. The van der Waals surface area contributed by atoms with Crippen molar-refractivity contribution in [1.82, 2.24) is 4.90 Å². The number of hydrogen-bond donors (Lipinski definition) is 2. The number of aliphatic hydroxyl groups is 1. The van der Waals surface area contributed by atoms with E-state index < -0.39 is 23.8 Å². The molecule has 0 saturated carbocycles. The number of unbranched alkanes of at least 4 members (excludes halogenated alkanes) is 1. The number of hydrogen-bond acceptors (Lipinski definition) is 5. The number of amides is 2. The largest absolute Gasteiger partial charge is 0.466 e. The van der Waals surface area contributed by atoms with Gasteiger partial charge in [0.05, 0.1) is 18.4 Å². The van der Waals surface area contributed by atoms with E-state index >= 15 is 0 Å². The summed E-state index contributed by atoms with van der Waals surface area (Å²) in [5.74, 6) is -2.50. The molecule has 2 amide bonds. The van der Waals surface area contributed by atoms with Gasteiger partial charge in [0.1, 0.15) is 6.04 Å². The van der Waals surface area contributed by atoms with Crippen LogP contribution in [0.4, 0.5) is 5.69 Å². The van der Waals surface area contributed by atoms with Crippen LogP contribution in [0.3, 0.4) is 0 Å². The standard InChI is InChI=1S/C27H38N2O5/c1-5-9-19-12-13-20-23(22(19)27(33)34-6-2)26(32)29(14-7-8-15-30)24(20)25(31)28-21-16-17(3)10-11-18(21)4/h10-13,16,19-20,22-24,30H,5-9,14-15H2,1-4H3,(H,28,31)/t19-,20+,22-,23+,24+/m1/s1. The van der Waals surface area contributed by atoms with Gasteiger partial charge in [-0.1, -0.05) is 37.6 Å². The number of rotatable bonds is 10. The summed E-state index contributed by atoms with van der Waals surface area (Å²) >= 11 is 0. The molecule has 0 spiro atoms. The van der Waals surface area contributed by atoms with E-state index in [1.165, 1.54) is 0 Å². The van der Waals surface area contributed by atoms with Gasteiger partial charge in [-0.05, 0) is 63.1 Å². The van der Waals surface area contributed by atoms with Crippen molar-refractivity contribution in [2.45, 2.75) is 59.4 Å². The minimum absolute atomic E-state index is 0.0260. The molecule has 0 aromatic heterocycles. The highest BCUT2D eigenvalue weighted by molar-refractivity contribution is 6.02. The van der Waals surface area contributed by atoms with Crippen molar-refractivity contribution in [3.8, 4) is 0 Å². The topological polar surface area (TPSA) is 95.9 Å². The highest BCUT2D eigenvalue weighted by Crippen LogP contribution is 2.46. The first-order chi connectivity index (χ1) is 16.3. The van der Waals surface area contributed by atoms with Gasteiger partial charge in [0, 0.05) is 24.8 Å². The molecule has 7 heteroatoms. The van der Waals surface area contributed by atoms with Crippen molar-refractivity contribution in [1.29, 1.82) is 0 Å². The summed E-state index contributed by atoms with van der Waals surface area (Å²) in [4.78, 5) is 42.0. The Morgan fingerprint density at radius 1 is 1.15 bits per heavy atom. The number of benzene rings is 1. The molecule has 7 nitrogen and oxygen atoms in total. The highest BCUT2D eigenvalue weighted by atomic mass is 16.5. The predicted molar refractivity (Wildman–Crippen MR) is 131 cm³/mol. The number of nitrogens with one attached hydrogen (secondary N) is 1. The number of ether oxygens (including phenoxy) is 1. The van der Waals surface area contributed by atoms with Crippen LogP contribution in [0.15, 0.2) is 30.4 Å². The van der Waals surface area contributed by atoms with E-state index in [2.05, 4.69) is 12.2 Å². The Balaban J connectivity index is 1.97. The van der Waals surface area contributed by atoms with E-state index in [4.69, 9.17) is 4.74 Å². The average Bonchev–Trinajstić information content (AvgIpc) is 3.08. The van der Waals surface area contributed by atoms with Crippen LogP contribution in [0.1, 0.15) is 50.7 Å². The van der Waals surface area contributed by atoms with Crippen LogP contribution in [0.25, 0.3) is 0 Å². The fourth-order valence-corrected chi connectivity index (χ4v) is 5.38. The fourth-order valence-electron chi connectivity index (χ4n) is 5.38. The van der Waals surface area contributed by atoms with Crippen molar-refractivity contribution in [2.24, 2.45) is 23.7 Å². The lowest BCUT2D eigenvalue weighted by atomic mass is 9.69. The van der Waals surface area contributed by atoms with E-state index in [1.54, 1.807) is 11.8 Å². The predicted octanol–water partition coefficient (Wildman–Crippen LogP) is 3.62. The number of carbonyl (C=O) groups excluding carboxylic acids is 3. The van der Waals surface area contributed by atoms with Crippen molar-refractivity contribution in [2.75, 3.05) is 25.1 Å². The number of allylic oxidation sites excluding steroid dienone is 1. The number of aliphatic hydroxyl groups excluding tert-OH is 1. The Morgan fingerprint density at radius 2 is 1.91 bits per heavy atom. The molecule has 1 fully saturated rings. The van der Waals surface area contributed by atoms with Crippen LogP contribution in [0, 0.1) is 37.5 Å². The number of esters is 1. The van der Waals surface area contributed by atoms with Gasteiger partial charge >= 0.3 is 5.97 Å². The number of anilines is 1. The van der Waals surface area contributed by atoms with Gasteiger partial charge < -0.3 is 20.1 Å². The first-order valence-electron chi connectivity index (χ1n) is 12.5. The lowest BCUT2D eigenvalue weighted by Crippen LogP contribution is -2.44. The third kappa shape index (κ3) is 5.35. The van der Waals surface area contributed by atoms with Gasteiger partial charge in [-0.15, -0.1) is 0 Å². The van der Waals surface area contributed by atoms with Gasteiger partial charge in [0.2, 0.25) is 11.8 Å². The zero-order valence-corrected chi connectivity index (χ0v) is 20.8. The molecule has 1 saturated heterocycles. The molecular formula is C27H38N2O5. The van der Waals surface area contributed by atoms with Crippen molar-refractivity contribution in [3.63, 3.8) is 0 Å². The molecule has 0 radical (unpaired) electrons. The lowest BCUT2D eigenvalue weighted by Gasteiger charge is -2.33. The summed E-state index contributed by atoms with van der Waals surface area (Å²) in [6.45, 7) is 8.36. The monoisotopic (exact) mass is 470 g/mol. The normalized spacial score (nSPS) is 25.9. The SMILES string of the molecule is CCC[C@@H]1C=C[C@H]2[C@H](C(=O)N(CCCCO)[C@@H]2C(=O)Nc2cc(C)ccc2C)[C@@H]1C(=O)OCC. The van der Waals surface area contributed by atoms with E-state index in [9.17, 15) is 19.5 Å². The Bertz CT molecular complexity index is 928. The van der Waals surface area contributed by atoms with Crippen LogP contribution < -0.4 is 5.32 Å². The smallest absolute Gasteiger partial charge is 0.310 e. The quantitative estimate of drug-likeness (QED) is 0.309. The van der Waals surface area contributed by atoms with Crippen molar-refractivity contribution in [3.05, 3.63) is 41.5 Å². The van der Waals surface area contributed by atoms with E-state index in [0.717, 1.165) is 29.7 Å². The first-order valence-corrected chi connectivity index (χ1v) is 12.5. The van der Waals surface area contributed by atoms with Crippen LogP contribution in [-0.4, -0.2) is 53.6 Å². The van der Waals surface area contributed by atoms with Crippen LogP contribution >= 0.6 is 0 Å². The number of nitrogens with zero attached hydrogens (tertiary/aromatic N) is 1. The van der Waals surface area contributed by atoms with Gasteiger partial charge in [0.25, 0.3) is 0 Å². The number of likely N-dealkylation sites (tertiary alicyclic amines) is 1. The Hall–Kier alpha value is -2.67. The minimum atomic E-state index is -0.716. The molecule has 186 valence electrons. The summed E-state index contributed by atoms with van der Waals surface area (Å²) in [7, 11) is 0. The van der Waals surface area contributed by atoms with Crippen LogP contribution in [0.2, 0.25) is 0 Å². The average molecular weight is 471 g/mol. The molecule has 5 atom stereocenters.